The number of aromatic nitrogens is 1. The lowest BCUT2D eigenvalue weighted by molar-refractivity contribution is 0.0674. The number of carboxylic acid groups (broad SMARTS) is 1. The third-order valence-electron chi connectivity index (χ3n) is 3.14. The first-order valence-corrected chi connectivity index (χ1v) is 6.65. The number of benzene rings is 1. The lowest BCUT2D eigenvalue weighted by Gasteiger charge is -2.10. The summed E-state index contributed by atoms with van der Waals surface area (Å²) in [5, 5.41) is 8.90. The van der Waals surface area contributed by atoms with Crippen LogP contribution in [-0.2, 0) is 6.61 Å². The van der Waals surface area contributed by atoms with Crippen LogP contribution in [-0.4, -0.2) is 15.8 Å². The Bertz CT molecular complexity index is 686. The molecule has 0 unspecified atom stereocenters. The van der Waals surface area contributed by atoms with Crippen molar-refractivity contribution in [2.24, 2.45) is 0 Å². The smallest absolute Gasteiger partial charge is 0.337 e. The number of carbonyl (C=O) groups is 1. The molecular formula is C16H17NO4. The van der Waals surface area contributed by atoms with Crippen molar-refractivity contribution in [2.45, 2.75) is 26.4 Å². The third-order valence-corrected chi connectivity index (χ3v) is 3.14. The second kappa shape index (κ2) is 6.26. The normalized spacial score (nSPS) is 10.6. The fraction of sp³-hybridized carbons (Fsp3) is 0.250. The zero-order chi connectivity index (χ0) is 15.4. The first kappa shape index (κ1) is 14.8. The molecule has 0 bridgehead atoms. The Hall–Kier alpha value is -2.56. The topological polar surface area (TPSA) is 68.5 Å². The van der Waals surface area contributed by atoms with Gasteiger partial charge in [0, 0.05) is 6.07 Å². The highest BCUT2D eigenvalue weighted by Crippen LogP contribution is 2.14. The zero-order valence-corrected chi connectivity index (χ0v) is 11.9. The molecule has 0 radical (unpaired) electrons. The molecule has 0 aliphatic carbocycles. The lowest BCUT2D eigenvalue weighted by atomic mass is 10.0. The van der Waals surface area contributed by atoms with Crippen molar-refractivity contribution in [3.8, 4) is 0 Å². The number of hydrogen-bond acceptors (Lipinski definition) is 3. The quantitative estimate of drug-likeness (QED) is 0.916. The number of rotatable bonds is 5. The number of aromatic carboxylic acids is 1. The van der Waals surface area contributed by atoms with E-state index in [4.69, 9.17) is 9.94 Å². The predicted octanol–water partition coefficient (Wildman–Crippen LogP) is 2.30. The van der Waals surface area contributed by atoms with Crippen molar-refractivity contribution >= 4 is 5.97 Å². The van der Waals surface area contributed by atoms with Gasteiger partial charge in [-0.15, -0.1) is 0 Å². The number of pyridine rings is 1. The van der Waals surface area contributed by atoms with Crippen molar-refractivity contribution in [3.05, 3.63) is 69.6 Å². The molecule has 0 aliphatic heterocycles. The monoisotopic (exact) mass is 287 g/mol. The van der Waals surface area contributed by atoms with Crippen LogP contribution in [0.25, 0.3) is 0 Å². The summed E-state index contributed by atoms with van der Waals surface area (Å²) in [6.07, 6.45) is 1.17. The molecule has 0 saturated heterocycles. The summed E-state index contributed by atoms with van der Waals surface area (Å²) in [5.41, 5.74) is 1.74. The Labute approximate surface area is 122 Å². The molecule has 1 aromatic carbocycles. The van der Waals surface area contributed by atoms with Gasteiger partial charge in [-0.05, 0) is 23.1 Å². The fourth-order valence-electron chi connectivity index (χ4n) is 1.84. The van der Waals surface area contributed by atoms with Crippen LogP contribution in [0.4, 0.5) is 0 Å². The molecule has 0 fully saturated rings. The zero-order valence-electron chi connectivity index (χ0n) is 11.9. The molecule has 0 spiro atoms. The predicted molar refractivity (Wildman–Crippen MR) is 78.5 cm³/mol. The van der Waals surface area contributed by atoms with Gasteiger partial charge in [0.1, 0.15) is 6.61 Å². The number of hydrogen-bond donors (Lipinski definition) is 1. The highest BCUT2D eigenvalue weighted by Gasteiger charge is 2.06. The first-order valence-electron chi connectivity index (χ1n) is 6.65. The summed E-state index contributed by atoms with van der Waals surface area (Å²) in [6.45, 7) is 4.42. The maximum atomic E-state index is 11.6. The van der Waals surface area contributed by atoms with E-state index in [1.165, 1.54) is 23.9 Å². The Morgan fingerprint density at radius 1 is 1.19 bits per heavy atom. The van der Waals surface area contributed by atoms with Crippen LogP contribution in [0.2, 0.25) is 0 Å². The van der Waals surface area contributed by atoms with Gasteiger partial charge in [-0.25, -0.2) is 4.79 Å². The van der Waals surface area contributed by atoms with Gasteiger partial charge < -0.3 is 9.94 Å². The number of carboxylic acids is 1. The van der Waals surface area contributed by atoms with E-state index in [0.717, 1.165) is 10.3 Å². The summed E-state index contributed by atoms with van der Waals surface area (Å²) in [7, 11) is 0. The van der Waals surface area contributed by atoms with Gasteiger partial charge in [-0.1, -0.05) is 38.1 Å². The standard InChI is InChI=1S/C16H17NO4/c1-11(2)13-5-3-12(4-6-13)10-21-17-9-14(16(19)20)7-8-15(17)18/h3-9,11H,10H2,1-2H3,(H,19,20). The first-order chi connectivity index (χ1) is 9.97. The Kier molecular flexibility index (Phi) is 4.42. The van der Waals surface area contributed by atoms with Crippen LogP contribution >= 0.6 is 0 Å². The second-order valence-corrected chi connectivity index (χ2v) is 5.06. The SMILES string of the molecule is CC(C)c1ccc(COn2cc(C(=O)O)ccc2=O)cc1. The van der Waals surface area contributed by atoms with Crippen molar-refractivity contribution in [1.29, 1.82) is 0 Å². The minimum absolute atomic E-state index is 0.00440. The van der Waals surface area contributed by atoms with Gasteiger partial charge in [-0.3, -0.25) is 4.79 Å². The average molecular weight is 287 g/mol. The molecule has 1 heterocycles. The van der Waals surface area contributed by atoms with Crippen LogP contribution < -0.4 is 10.4 Å². The minimum Gasteiger partial charge on any atom is -0.478 e. The summed E-state index contributed by atoms with van der Waals surface area (Å²) < 4.78 is 0.944. The van der Waals surface area contributed by atoms with Crippen LogP contribution in [0, 0.1) is 0 Å². The van der Waals surface area contributed by atoms with E-state index in [-0.39, 0.29) is 12.2 Å². The summed E-state index contributed by atoms with van der Waals surface area (Å²) in [4.78, 5) is 27.8. The highest BCUT2D eigenvalue weighted by atomic mass is 16.7. The van der Waals surface area contributed by atoms with Gasteiger partial charge in [-0.2, -0.15) is 4.73 Å². The van der Waals surface area contributed by atoms with Crippen molar-refractivity contribution < 1.29 is 14.7 Å². The van der Waals surface area contributed by atoms with Gasteiger partial charge in [0.15, 0.2) is 0 Å². The largest absolute Gasteiger partial charge is 0.478 e. The van der Waals surface area contributed by atoms with E-state index >= 15 is 0 Å². The van der Waals surface area contributed by atoms with Gasteiger partial charge in [0.05, 0.1) is 11.8 Å². The molecule has 2 rings (SSSR count). The van der Waals surface area contributed by atoms with Gasteiger partial charge >= 0.3 is 5.97 Å². The molecule has 21 heavy (non-hydrogen) atoms. The molecule has 5 heteroatoms. The van der Waals surface area contributed by atoms with Crippen molar-refractivity contribution in [3.63, 3.8) is 0 Å². The highest BCUT2D eigenvalue weighted by molar-refractivity contribution is 5.87. The molecule has 2 aromatic rings. The second-order valence-electron chi connectivity index (χ2n) is 5.06. The van der Waals surface area contributed by atoms with E-state index in [2.05, 4.69) is 13.8 Å². The molecule has 110 valence electrons. The molecule has 0 aliphatic rings. The van der Waals surface area contributed by atoms with E-state index in [1.807, 2.05) is 24.3 Å². The van der Waals surface area contributed by atoms with Crippen LogP contribution in [0.15, 0.2) is 47.4 Å². The summed E-state index contributed by atoms with van der Waals surface area (Å²) in [6, 6.07) is 10.3. The molecule has 0 atom stereocenters. The fourth-order valence-corrected chi connectivity index (χ4v) is 1.84. The molecular weight excluding hydrogens is 270 g/mol. The van der Waals surface area contributed by atoms with E-state index < -0.39 is 11.5 Å². The molecule has 1 N–H and O–H groups in total. The van der Waals surface area contributed by atoms with E-state index in [9.17, 15) is 9.59 Å². The molecule has 0 amide bonds. The summed E-state index contributed by atoms with van der Waals surface area (Å²) in [5.74, 6) is -0.650. The van der Waals surface area contributed by atoms with E-state index in [1.54, 1.807) is 0 Å². The van der Waals surface area contributed by atoms with Crippen LogP contribution in [0.1, 0.15) is 41.3 Å². The van der Waals surface area contributed by atoms with Crippen LogP contribution in [0.5, 0.6) is 0 Å². The molecule has 1 aromatic heterocycles. The van der Waals surface area contributed by atoms with Gasteiger partial charge in [0.2, 0.25) is 0 Å². The van der Waals surface area contributed by atoms with E-state index in [0.29, 0.717) is 5.92 Å². The molecule has 0 saturated carbocycles. The minimum atomic E-state index is -1.10. The maximum absolute atomic E-state index is 11.6. The number of nitrogens with zero attached hydrogens (tertiary/aromatic N) is 1. The Morgan fingerprint density at radius 3 is 2.43 bits per heavy atom. The third kappa shape index (κ3) is 3.72. The van der Waals surface area contributed by atoms with Crippen molar-refractivity contribution in [1.82, 2.24) is 4.73 Å². The average Bonchev–Trinajstić information content (AvgIpc) is 2.46. The van der Waals surface area contributed by atoms with Gasteiger partial charge in [0.25, 0.3) is 5.56 Å². The molecule has 5 nitrogen and oxygen atoms in total. The summed E-state index contributed by atoms with van der Waals surface area (Å²) >= 11 is 0. The Balaban J connectivity index is 2.10. The Morgan fingerprint density at radius 2 is 1.86 bits per heavy atom. The maximum Gasteiger partial charge on any atom is 0.337 e. The lowest BCUT2D eigenvalue weighted by Crippen LogP contribution is -2.26. The van der Waals surface area contributed by atoms with Crippen LogP contribution in [0.3, 0.4) is 0 Å². The van der Waals surface area contributed by atoms with Crippen molar-refractivity contribution in [2.75, 3.05) is 0 Å².